The zero-order chi connectivity index (χ0) is 12.8. The maximum atomic E-state index is 6.05. The Bertz CT molecular complexity index is 361. The molecule has 2 N–H and O–H groups in total. The maximum absolute atomic E-state index is 6.05. The lowest BCUT2D eigenvalue weighted by Gasteiger charge is -2.34. The Morgan fingerprint density at radius 2 is 2.00 bits per heavy atom. The molecule has 1 saturated carbocycles. The van der Waals surface area contributed by atoms with Crippen LogP contribution in [-0.2, 0) is 6.54 Å². The van der Waals surface area contributed by atoms with Crippen LogP contribution in [0.5, 0.6) is 0 Å². The van der Waals surface area contributed by atoms with Crippen molar-refractivity contribution in [2.75, 3.05) is 13.1 Å². The van der Waals surface area contributed by atoms with Crippen molar-refractivity contribution in [2.24, 2.45) is 5.73 Å². The Labute approximate surface area is 115 Å². The molecule has 0 aromatic heterocycles. The predicted octanol–water partition coefficient (Wildman–Crippen LogP) is 3.43. The summed E-state index contributed by atoms with van der Waals surface area (Å²) in [5.41, 5.74) is 7.04. The van der Waals surface area contributed by atoms with Crippen LogP contribution < -0.4 is 5.73 Å². The minimum Gasteiger partial charge on any atom is -0.329 e. The topological polar surface area (TPSA) is 29.3 Å². The molecule has 1 aliphatic carbocycles. The van der Waals surface area contributed by atoms with Gasteiger partial charge in [0.05, 0.1) is 0 Å². The summed E-state index contributed by atoms with van der Waals surface area (Å²) >= 11 is 6.05. The van der Waals surface area contributed by atoms with Gasteiger partial charge in [-0.25, -0.2) is 0 Å². The summed E-state index contributed by atoms with van der Waals surface area (Å²) in [7, 11) is 0. The van der Waals surface area contributed by atoms with E-state index in [1.807, 2.05) is 12.1 Å². The Morgan fingerprint density at radius 3 is 2.67 bits per heavy atom. The summed E-state index contributed by atoms with van der Waals surface area (Å²) in [6, 6.07) is 8.88. The first kappa shape index (κ1) is 13.9. The first-order valence-corrected chi connectivity index (χ1v) is 7.36. The number of halogens is 1. The quantitative estimate of drug-likeness (QED) is 0.885. The van der Waals surface area contributed by atoms with Gasteiger partial charge >= 0.3 is 0 Å². The highest BCUT2D eigenvalue weighted by Crippen LogP contribution is 2.24. The van der Waals surface area contributed by atoms with E-state index in [1.165, 1.54) is 37.7 Å². The molecule has 0 bridgehead atoms. The molecule has 1 aromatic rings. The van der Waals surface area contributed by atoms with Gasteiger partial charge < -0.3 is 5.73 Å². The lowest BCUT2D eigenvalue weighted by Crippen LogP contribution is -2.39. The number of rotatable bonds is 5. The van der Waals surface area contributed by atoms with Crippen molar-refractivity contribution in [1.82, 2.24) is 4.90 Å². The summed E-state index contributed by atoms with van der Waals surface area (Å²) in [5.74, 6) is 0. The third-order valence-electron chi connectivity index (χ3n) is 3.78. The van der Waals surface area contributed by atoms with Crippen LogP contribution in [0.15, 0.2) is 24.3 Å². The smallest absolute Gasteiger partial charge is 0.0409 e. The molecule has 2 nitrogen and oxygen atoms in total. The van der Waals surface area contributed by atoms with Crippen molar-refractivity contribution >= 4 is 11.6 Å². The zero-order valence-corrected chi connectivity index (χ0v) is 11.7. The predicted molar refractivity (Wildman–Crippen MR) is 77.8 cm³/mol. The van der Waals surface area contributed by atoms with E-state index in [4.69, 9.17) is 17.3 Å². The molecule has 0 saturated heterocycles. The van der Waals surface area contributed by atoms with Crippen molar-refractivity contribution in [3.8, 4) is 0 Å². The summed E-state index contributed by atoms with van der Waals surface area (Å²) in [5, 5.41) is 0.823. The van der Waals surface area contributed by atoms with E-state index in [9.17, 15) is 0 Å². The molecule has 2 rings (SSSR count). The highest BCUT2D eigenvalue weighted by atomic mass is 35.5. The van der Waals surface area contributed by atoms with Crippen molar-refractivity contribution in [2.45, 2.75) is 44.7 Å². The molecule has 0 heterocycles. The van der Waals surface area contributed by atoms with Crippen LogP contribution in [0.4, 0.5) is 0 Å². The molecule has 18 heavy (non-hydrogen) atoms. The summed E-state index contributed by atoms with van der Waals surface area (Å²) in [6.45, 7) is 2.69. The third kappa shape index (κ3) is 3.98. The Balaban J connectivity index is 2.00. The molecule has 0 aliphatic heterocycles. The third-order valence-corrected chi connectivity index (χ3v) is 4.02. The average molecular weight is 267 g/mol. The van der Waals surface area contributed by atoms with E-state index >= 15 is 0 Å². The molecule has 0 unspecified atom stereocenters. The van der Waals surface area contributed by atoms with Crippen molar-refractivity contribution < 1.29 is 0 Å². The van der Waals surface area contributed by atoms with Gasteiger partial charge in [0.1, 0.15) is 0 Å². The number of hydrogen-bond acceptors (Lipinski definition) is 2. The molecule has 0 radical (unpaired) electrons. The van der Waals surface area contributed by atoms with Gasteiger partial charge in [0, 0.05) is 30.7 Å². The van der Waals surface area contributed by atoms with E-state index in [1.54, 1.807) is 0 Å². The molecular weight excluding hydrogens is 244 g/mol. The summed E-state index contributed by atoms with van der Waals surface area (Å²) in [6.07, 6.45) is 6.76. The fourth-order valence-electron chi connectivity index (χ4n) is 2.87. The van der Waals surface area contributed by atoms with Crippen LogP contribution in [0, 0.1) is 0 Å². The van der Waals surface area contributed by atoms with E-state index in [2.05, 4.69) is 17.0 Å². The summed E-state index contributed by atoms with van der Waals surface area (Å²) in [4.78, 5) is 2.53. The van der Waals surface area contributed by atoms with Gasteiger partial charge in [-0.3, -0.25) is 4.90 Å². The molecule has 0 amide bonds. The number of hydrogen-bond donors (Lipinski definition) is 1. The number of nitrogens with zero attached hydrogens (tertiary/aromatic N) is 1. The molecular formula is C15H23ClN2. The van der Waals surface area contributed by atoms with Crippen LogP contribution in [0.1, 0.15) is 37.7 Å². The second kappa shape index (κ2) is 7.13. The van der Waals surface area contributed by atoms with Gasteiger partial charge in [-0.2, -0.15) is 0 Å². The van der Waals surface area contributed by atoms with Gasteiger partial charge in [-0.15, -0.1) is 0 Å². The van der Waals surface area contributed by atoms with Crippen molar-refractivity contribution in [1.29, 1.82) is 0 Å². The molecule has 1 aromatic carbocycles. The fourth-order valence-corrected chi connectivity index (χ4v) is 3.09. The van der Waals surface area contributed by atoms with Crippen LogP contribution in [0.2, 0.25) is 5.02 Å². The molecule has 100 valence electrons. The molecule has 0 spiro atoms. The van der Waals surface area contributed by atoms with Gasteiger partial charge in [-0.1, -0.05) is 43.0 Å². The van der Waals surface area contributed by atoms with Crippen LogP contribution in [0.3, 0.4) is 0 Å². The van der Waals surface area contributed by atoms with E-state index in [0.717, 1.165) is 24.7 Å². The van der Waals surface area contributed by atoms with Crippen molar-refractivity contribution in [3.63, 3.8) is 0 Å². The molecule has 0 atom stereocenters. The lowest BCUT2D eigenvalue weighted by atomic mass is 9.94. The molecule has 1 aliphatic rings. The van der Waals surface area contributed by atoms with E-state index in [-0.39, 0.29) is 0 Å². The minimum absolute atomic E-state index is 0.710. The highest BCUT2D eigenvalue weighted by molar-refractivity contribution is 6.30. The normalized spacial score (nSPS) is 17.3. The summed E-state index contributed by atoms with van der Waals surface area (Å²) < 4.78 is 0. The highest BCUT2D eigenvalue weighted by Gasteiger charge is 2.20. The number of benzene rings is 1. The lowest BCUT2D eigenvalue weighted by molar-refractivity contribution is 0.152. The maximum Gasteiger partial charge on any atom is 0.0409 e. The van der Waals surface area contributed by atoms with Gasteiger partial charge in [0.2, 0.25) is 0 Å². The zero-order valence-electron chi connectivity index (χ0n) is 10.9. The first-order valence-electron chi connectivity index (χ1n) is 6.98. The average Bonchev–Trinajstić information content (AvgIpc) is 2.39. The molecule has 1 fully saturated rings. The van der Waals surface area contributed by atoms with Gasteiger partial charge in [0.25, 0.3) is 0 Å². The van der Waals surface area contributed by atoms with Gasteiger partial charge in [-0.05, 0) is 30.5 Å². The Kier molecular flexibility index (Phi) is 5.48. The standard InChI is InChI=1S/C15H23ClN2/c16-14-6-4-5-13(11-14)12-18(10-9-17)15-7-2-1-3-8-15/h4-6,11,15H,1-3,7-10,12,17H2. The van der Waals surface area contributed by atoms with E-state index in [0.29, 0.717) is 6.04 Å². The van der Waals surface area contributed by atoms with Crippen LogP contribution in [-0.4, -0.2) is 24.0 Å². The molecule has 3 heteroatoms. The Hall–Kier alpha value is -0.570. The monoisotopic (exact) mass is 266 g/mol. The number of nitrogens with two attached hydrogens (primary N) is 1. The Morgan fingerprint density at radius 1 is 1.22 bits per heavy atom. The first-order chi connectivity index (χ1) is 8.79. The minimum atomic E-state index is 0.710. The van der Waals surface area contributed by atoms with E-state index < -0.39 is 0 Å². The van der Waals surface area contributed by atoms with Crippen LogP contribution >= 0.6 is 11.6 Å². The largest absolute Gasteiger partial charge is 0.329 e. The van der Waals surface area contributed by atoms with Gasteiger partial charge in [0.15, 0.2) is 0 Å². The van der Waals surface area contributed by atoms with Crippen LogP contribution in [0.25, 0.3) is 0 Å². The second-order valence-electron chi connectivity index (χ2n) is 5.18. The fraction of sp³-hybridized carbons (Fsp3) is 0.600. The van der Waals surface area contributed by atoms with Crippen molar-refractivity contribution in [3.05, 3.63) is 34.9 Å². The second-order valence-corrected chi connectivity index (χ2v) is 5.62. The SMILES string of the molecule is NCCN(Cc1cccc(Cl)c1)C1CCCCC1.